The number of nitro benzene ring substituents is 1. The Balaban J connectivity index is 0.000000247. The standard InChI is InChI=1S/C29H35N2O.C28H32N3O3.2ClH/c1-7-30(8-2)22-13-15-24-27(18-22)32-28-19-23(31(9-3)10-4)14-16-25(28)29(24)26-17-20(5)11-12-21(26)6;1-6-29(7-2)20-10-14-24-26(17-20)34-27-18-21(30(8-3)9-4)11-15-25(27)28(24)23-13-12-22(31(32)33)16-19(23)5;;/h11-19H,7-10H2,1-6H3;10-18H,6-9H2,1-5H3;2*1H/q2*+1;;/p-2. The van der Waals surface area contributed by atoms with Crippen LogP contribution in [-0.2, 0) is 0 Å². The van der Waals surface area contributed by atoms with Crippen LogP contribution >= 0.6 is 0 Å². The summed E-state index contributed by atoms with van der Waals surface area (Å²) in [6, 6.07) is 37.9. The van der Waals surface area contributed by atoms with Crippen LogP contribution in [0.1, 0.15) is 72.1 Å². The summed E-state index contributed by atoms with van der Waals surface area (Å²) in [6.07, 6.45) is 0. The quantitative estimate of drug-likeness (QED) is 0.0564. The number of rotatable bonds is 13. The molecule has 68 heavy (non-hydrogen) atoms. The Morgan fingerprint density at radius 2 is 0.912 bits per heavy atom. The Kier molecular flexibility index (Phi) is 18.0. The number of fused-ring (bicyclic) bond motifs is 4. The number of halogens is 2. The van der Waals surface area contributed by atoms with E-state index in [2.05, 4.69) is 179 Å². The third-order valence-corrected chi connectivity index (χ3v) is 13.2. The van der Waals surface area contributed by atoms with Crippen LogP contribution in [0.4, 0.5) is 17.1 Å². The van der Waals surface area contributed by atoms with Crippen molar-refractivity contribution >= 4 is 39.0 Å². The van der Waals surface area contributed by atoms with Gasteiger partial charge in [0.05, 0.1) is 17.1 Å². The van der Waals surface area contributed by atoms with Gasteiger partial charge in [0.25, 0.3) is 5.69 Å². The van der Waals surface area contributed by atoms with Crippen molar-refractivity contribution in [1.82, 2.24) is 9.15 Å². The number of nitrogens with zero attached hydrogens (tertiary/aromatic N) is 5. The third-order valence-electron chi connectivity index (χ3n) is 13.2. The van der Waals surface area contributed by atoms with Gasteiger partial charge in [-0.2, -0.15) is 0 Å². The van der Waals surface area contributed by atoms with Gasteiger partial charge in [-0.1, -0.05) is 23.8 Å². The van der Waals surface area contributed by atoms with Crippen LogP contribution in [0.5, 0.6) is 0 Å². The maximum Gasteiger partial charge on any atom is 0.269 e. The van der Waals surface area contributed by atoms with E-state index in [0.29, 0.717) is 0 Å². The maximum absolute atomic E-state index is 11.3. The average molecular weight is 957 g/mol. The number of anilines is 2. The lowest BCUT2D eigenvalue weighted by Gasteiger charge is -2.22. The van der Waals surface area contributed by atoms with E-state index in [-0.39, 0.29) is 35.4 Å². The predicted molar refractivity (Wildman–Crippen MR) is 277 cm³/mol. The minimum atomic E-state index is -0.347. The molecule has 9 nitrogen and oxygen atoms in total. The first kappa shape index (κ1) is 52.8. The molecular weight excluding hydrogens is 890 g/mol. The van der Waals surface area contributed by atoms with Crippen molar-refractivity contribution in [3.63, 3.8) is 0 Å². The Labute approximate surface area is 414 Å². The van der Waals surface area contributed by atoms with Crippen molar-refractivity contribution in [2.45, 2.75) is 76.2 Å². The van der Waals surface area contributed by atoms with Crippen molar-refractivity contribution in [3.05, 3.63) is 147 Å². The van der Waals surface area contributed by atoms with Gasteiger partial charge in [0.1, 0.15) is 48.9 Å². The molecule has 8 rings (SSSR count). The second-order valence-corrected chi connectivity index (χ2v) is 16.9. The van der Waals surface area contributed by atoms with E-state index in [4.69, 9.17) is 8.83 Å². The van der Waals surface area contributed by atoms with Crippen LogP contribution in [0.3, 0.4) is 0 Å². The van der Waals surface area contributed by atoms with E-state index < -0.39 is 0 Å². The number of non-ortho nitro benzene ring substituents is 1. The number of hydrogen-bond acceptors (Lipinski definition) is 6. The average Bonchev–Trinajstić information content (AvgIpc) is 3.32. The SMILES string of the molecule is CCN(CC)c1ccc2c(-c3cc(C)ccc3C)c3ccc(=[N+](CC)CC)cc-3oc2c1.CCN(CC)c1ccc2c(-c3ccc([N+](=O)[O-])cc3C)c3ccc(=[N+](CC)CC)cc-3oc2c1.[Cl-].[Cl-]. The first-order valence-electron chi connectivity index (χ1n) is 23.9. The fraction of sp³-hybridized carbons (Fsp3) is 0.333. The maximum atomic E-state index is 11.3. The summed E-state index contributed by atoms with van der Waals surface area (Å²) in [5, 5.41) is 15.8. The monoisotopic (exact) mass is 955 g/mol. The number of nitro groups is 1. The van der Waals surface area contributed by atoms with Gasteiger partial charge in [0, 0.05) is 107 Å². The Hall–Kier alpha value is -6.16. The molecule has 0 atom stereocenters. The number of aryl methyl sites for hydroxylation is 3. The number of hydrogen-bond donors (Lipinski definition) is 0. The Morgan fingerprint density at radius 1 is 0.471 bits per heavy atom. The molecule has 4 aliphatic rings. The lowest BCUT2D eigenvalue weighted by molar-refractivity contribution is -0.384. The zero-order valence-electron chi connectivity index (χ0n) is 41.7. The second-order valence-electron chi connectivity index (χ2n) is 16.9. The summed E-state index contributed by atoms with van der Waals surface area (Å²) in [5.41, 5.74) is 14.3. The highest BCUT2D eigenvalue weighted by Gasteiger charge is 2.23. The molecule has 0 saturated heterocycles. The summed E-state index contributed by atoms with van der Waals surface area (Å²) in [6.45, 7) is 31.2. The van der Waals surface area contributed by atoms with Crippen molar-refractivity contribution in [1.29, 1.82) is 0 Å². The molecule has 0 amide bonds. The van der Waals surface area contributed by atoms with Crippen molar-refractivity contribution < 1.29 is 38.6 Å². The third kappa shape index (κ3) is 10.6. The molecule has 2 aliphatic heterocycles. The fourth-order valence-electron chi connectivity index (χ4n) is 9.50. The molecule has 0 radical (unpaired) electrons. The zero-order chi connectivity index (χ0) is 47.2. The van der Waals surface area contributed by atoms with E-state index >= 15 is 0 Å². The topological polar surface area (TPSA) is 81.9 Å². The van der Waals surface area contributed by atoms with Gasteiger partial charge >= 0.3 is 0 Å². The van der Waals surface area contributed by atoms with Crippen LogP contribution in [0.15, 0.2) is 118 Å². The lowest BCUT2D eigenvalue weighted by Crippen LogP contribution is -3.00. The number of benzene rings is 6. The van der Waals surface area contributed by atoms with Gasteiger partial charge in [-0.3, -0.25) is 10.1 Å². The lowest BCUT2D eigenvalue weighted by atomic mass is 9.90. The van der Waals surface area contributed by atoms with Crippen molar-refractivity contribution in [3.8, 4) is 44.9 Å². The molecule has 4 aromatic carbocycles. The van der Waals surface area contributed by atoms with Crippen LogP contribution in [0.2, 0.25) is 0 Å². The smallest absolute Gasteiger partial charge is 0.269 e. The fourth-order valence-corrected chi connectivity index (χ4v) is 9.50. The molecular formula is C57H67Cl2N5O4. The highest BCUT2D eigenvalue weighted by atomic mass is 35.5. The minimum absolute atomic E-state index is 0. The molecule has 0 bridgehead atoms. The van der Waals surface area contributed by atoms with Gasteiger partial charge in [-0.25, -0.2) is 9.15 Å². The van der Waals surface area contributed by atoms with Gasteiger partial charge < -0.3 is 43.4 Å². The Bertz CT molecular complexity index is 3120. The van der Waals surface area contributed by atoms with Gasteiger partial charge in [-0.15, -0.1) is 0 Å². The van der Waals surface area contributed by atoms with Crippen molar-refractivity contribution in [2.75, 3.05) is 62.2 Å². The molecule has 0 fully saturated rings. The van der Waals surface area contributed by atoms with Gasteiger partial charge in [-0.05, 0) is 141 Å². The van der Waals surface area contributed by atoms with Crippen LogP contribution < -0.4 is 54.5 Å². The van der Waals surface area contributed by atoms with E-state index in [1.165, 1.54) is 33.3 Å². The molecule has 0 N–H and O–H groups in total. The highest BCUT2D eigenvalue weighted by Crippen LogP contribution is 2.44. The normalized spacial score (nSPS) is 10.9. The molecule has 2 heterocycles. The first-order chi connectivity index (χ1) is 31.9. The van der Waals surface area contributed by atoms with E-state index in [1.807, 2.05) is 13.0 Å². The molecule has 0 spiro atoms. The first-order valence-corrected chi connectivity index (χ1v) is 23.9. The molecule has 2 aliphatic carbocycles. The Morgan fingerprint density at radius 3 is 1.32 bits per heavy atom. The van der Waals surface area contributed by atoms with E-state index in [0.717, 1.165) is 125 Å². The van der Waals surface area contributed by atoms with Crippen LogP contribution in [-0.4, -0.2) is 57.3 Å². The summed E-state index contributed by atoms with van der Waals surface area (Å²) < 4.78 is 17.8. The predicted octanol–water partition coefficient (Wildman–Crippen LogP) is 6.57. The highest BCUT2D eigenvalue weighted by molar-refractivity contribution is 6.04. The zero-order valence-corrected chi connectivity index (χ0v) is 43.2. The minimum Gasteiger partial charge on any atom is -1.00 e. The molecule has 4 aromatic rings. The molecule has 0 aromatic heterocycles. The largest absolute Gasteiger partial charge is 1.00 e. The second kappa shape index (κ2) is 23.2. The molecule has 358 valence electrons. The van der Waals surface area contributed by atoms with Crippen LogP contribution in [0.25, 0.3) is 66.8 Å². The van der Waals surface area contributed by atoms with Crippen LogP contribution in [0, 0.1) is 30.9 Å². The molecule has 11 heteroatoms. The van der Waals surface area contributed by atoms with E-state index in [9.17, 15) is 10.1 Å². The molecule has 0 unspecified atom stereocenters. The van der Waals surface area contributed by atoms with Crippen molar-refractivity contribution in [2.24, 2.45) is 0 Å². The van der Waals surface area contributed by atoms with Gasteiger partial charge in [0.15, 0.2) is 0 Å². The summed E-state index contributed by atoms with van der Waals surface area (Å²) in [4.78, 5) is 15.6. The summed E-state index contributed by atoms with van der Waals surface area (Å²) in [7, 11) is 0. The molecule has 0 saturated carbocycles. The summed E-state index contributed by atoms with van der Waals surface area (Å²) >= 11 is 0. The van der Waals surface area contributed by atoms with Gasteiger partial charge in [0.2, 0.25) is 10.7 Å². The summed E-state index contributed by atoms with van der Waals surface area (Å²) in [5.74, 6) is 1.75. The van der Waals surface area contributed by atoms with E-state index in [1.54, 1.807) is 12.1 Å².